The fraction of sp³-hybridized carbons (Fsp3) is 0.683. The molecule has 3 rings (SSSR count). The molecule has 0 spiro atoms. The number of thiophene rings is 1. The predicted octanol–water partition coefficient (Wildman–Crippen LogP) is 1.23. The van der Waals surface area contributed by atoms with E-state index in [1.165, 1.54) is 35.7 Å². The van der Waals surface area contributed by atoms with E-state index in [9.17, 15) is 43.3 Å². The summed E-state index contributed by atoms with van der Waals surface area (Å²) in [6, 6.07) is -3.19. The normalized spacial score (nSPS) is 17.7. The molecule has 0 aliphatic carbocycles. The largest absolute Gasteiger partial charge is 0.472 e. The summed E-state index contributed by atoms with van der Waals surface area (Å²) in [5, 5.41) is 22.0. The number of primary amides is 1. The number of phosphoric ester groups is 1. The molecule has 0 radical (unpaired) electrons. The zero-order valence-corrected chi connectivity index (χ0v) is 39.6. The number of nitrogens with two attached hydrogens (primary N) is 1. The van der Waals surface area contributed by atoms with Gasteiger partial charge in [-0.25, -0.2) is 9.55 Å². The van der Waals surface area contributed by atoms with Crippen LogP contribution >= 0.6 is 19.2 Å². The number of phosphoric acid groups is 1. The summed E-state index contributed by atoms with van der Waals surface area (Å²) in [4.78, 5) is 100. The summed E-state index contributed by atoms with van der Waals surface area (Å²) < 4.78 is 34.5. The molecule has 21 nitrogen and oxygen atoms in total. The molecular weight excluding hydrogens is 876 g/mol. The molecule has 1 unspecified atom stereocenters. The van der Waals surface area contributed by atoms with Gasteiger partial charge in [0.15, 0.2) is 0 Å². The van der Waals surface area contributed by atoms with E-state index in [1.807, 2.05) is 66.0 Å². The maximum atomic E-state index is 14.0. The van der Waals surface area contributed by atoms with Crippen LogP contribution in [0.15, 0.2) is 30.0 Å². The number of carbonyl (C=O) groups is 6. The highest BCUT2D eigenvalue weighted by molar-refractivity contribution is 7.47. The Kier molecular flexibility index (Phi) is 21.0. The van der Waals surface area contributed by atoms with Gasteiger partial charge in [0, 0.05) is 36.2 Å². The van der Waals surface area contributed by atoms with Gasteiger partial charge < -0.3 is 56.4 Å². The molecule has 0 saturated carbocycles. The minimum Gasteiger partial charge on any atom is -0.394 e. The molecule has 0 bridgehead atoms. The number of H-pyrrole nitrogens is 1. The van der Waals surface area contributed by atoms with Crippen molar-refractivity contribution in [3.05, 3.63) is 40.6 Å². The van der Waals surface area contributed by atoms with Gasteiger partial charge in [-0.2, -0.15) is 0 Å². The van der Waals surface area contributed by atoms with Crippen LogP contribution < -0.4 is 27.0 Å². The second-order valence-electron chi connectivity index (χ2n) is 17.6. The number of rotatable bonds is 27. The summed E-state index contributed by atoms with van der Waals surface area (Å²) in [6.45, 7) is 14.0. The summed E-state index contributed by atoms with van der Waals surface area (Å²) >= 11 is 1.42. The van der Waals surface area contributed by atoms with Crippen LogP contribution in [0.3, 0.4) is 0 Å². The van der Waals surface area contributed by atoms with E-state index in [1.54, 1.807) is 0 Å². The van der Waals surface area contributed by atoms with E-state index in [4.69, 9.17) is 24.3 Å². The molecule has 0 aromatic carbocycles. The van der Waals surface area contributed by atoms with Gasteiger partial charge in [-0.05, 0) is 78.2 Å². The fourth-order valence-electron chi connectivity index (χ4n) is 6.55. The van der Waals surface area contributed by atoms with Gasteiger partial charge in [0.1, 0.15) is 30.2 Å². The van der Waals surface area contributed by atoms with E-state index < -0.39 is 85.9 Å². The minimum absolute atomic E-state index is 0.0299. The van der Waals surface area contributed by atoms with Gasteiger partial charge >= 0.3 is 7.82 Å². The third-order valence-corrected chi connectivity index (χ3v) is 11.9. The number of hydrogen-bond donors (Lipinski definition) is 8. The van der Waals surface area contributed by atoms with Crippen molar-refractivity contribution in [2.24, 2.45) is 11.7 Å². The van der Waals surface area contributed by atoms with Crippen molar-refractivity contribution < 1.29 is 61.9 Å². The van der Waals surface area contributed by atoms with E-state index in [-0.39, 0.29) is 49.9 Å². The molecule has 2 aromatic heterocycles. The monoisotopic (exact) mass is 942 g/mol. The highest BCUT2D eigenvalue weighted by atomic mass is 32.1. The third-order valence-electron chi connectivity index (χ3n) is 9.86. The second-order valence-corrected chi connectivity index (χ2v) is 20.0. The van der Waals surface area contributed by atoms with Gasteiger partial charge in [0.05, 0.1) is 56.5 Å². The predicted molar refractivity (Wildman–Crippen MR) is 235 cm³/mol. The number of aliphatic hydroxyl groups is 1. The molecule has 23 heteroatoms. The number of aromatic amines is 1. The molecule has 1 fully saturated rings. The molecule has 360 valence electrons. The van der Waals surface area contributed by atoms with Gasteiger partial charge in [-0.15, -0.1) is 11.3 Å². The van der Waals surface area contributed by atoms with Gasteiger partial charge in [0.25, 0.3) is 0 Å². The standard InChI is InChI=1S/C41H67N8O13PS/c1-25(2)19-29(46-39(56)32-12-9-15-49(32)33(51)14-16-59-41(7,8)23-60-40(4,5)6)36(53)45-30(20-27-21-43-24-44-27)37(54)47-31(22-50)38(55)48-34(35(42)52)26(3)62-63(57,58)61-17-13-28-11-10-18-64-28/h10-11,18,21,24-26,29-32,34,50H,9,12-17,19-20,22-23H2,1-8H3,(H2,42,52)(H,43,44)(H,45,53)(H,46,56)(H,47,54)(H,48,55)(H,57,58)/t26-,29+,30+,31+,32+,34+/m1/s1. The lowest BCUT2D eigenvalue weighted by Gasteiger charge is -2.31. The molecule has 7 atom stereocenters. The number of hydrogen-bond acceptors (Lipinski definition) is 14. The maximum Gasteiger partial charge on any atom is 0.472 e. The number of aromatic nitrogens is 2. The van der Waals surface area contributed by atoms with E-state index in [0.717, 1.165) is 4.88 Å². The Labute approximate surface area is 378 Å². The quantitative estimate of drug-likeness (QED) is 0.0585. The number of imidazole rings is 1. The molecule has 2 aromatic rings. The van der Waals surface area contributed by atoms with E-state index in [0.29, 0.717) is 38.1 Å². The lowest BCUT2D eigenvalue weighted by atomic mass is 10.0. The highest BCUT2D eigenvalue weighted by Crippen LogP contribution is 2.45. The van der Waals surface area contributed by atoms with Crippen molar-refractivity contribution in [2.75, 3.05) is 33.0 Å². The van der Waals surface area contributed by atoms with Crippen molar-refractivity contribution in [3.8, 4) is 0 Å². The molecule has 6 amide bonds. The molecule has 1 aliphatic heterocycles. The average molecular weight is 943 g/mol. The van der Waals surface area contributed by atoms with Crippen LogP contribution in [0.4, 0.5) is 0 Å². The second kappa shape index (κ2) is 24.9. The topological polar surface area (TPSA) is 303 Å². The Morgan fingerprint density at radius 3 is 2.25 bits per heavy atom. The Bertz CT molecular complexity index is 1880. The third kappa shape index (κ3) is 18.7. The number of ether oxygens (including phenoxy) is 2. The number of amides is 6. The molecule has 1 aliphatic rings. The first-order chi connectivity index (χ1) is 29.9. The Morgan fingerprint density at radius 1 is 0.984 bits per heavy atom. The summed E-state index contributed by atoms with van der Waals surface area (Å²) in [6.07, 6.45) is 2.55. The Morgan fingerprint density at radius 2 is 1.66 bits per heavy atom. The molecule has 3 heterocycles. The molecule has 9 N–H and O–H groups in total. The zero-order valence-electron chi connectivity index (χ0n) is 37.9. The van der Waals surface area contributed by atoms with E-state index >= 15 is 0 Å². The van der Waals surface area contributed by atoms with Crippen LogP contribution in [0, 0.1) is 5.92 Å². The summed E-state index contributed by atoms with van der Waals surface area (Å²) in [7, 11) is -4.74. The summed E-state index contributed by atoms with van der Waals surface area (Å²) in [5.41, 5.74) is 4.89. The molecule has 64 heavy (non-hydrogen) atoms. The van der Waals surface area contributed by atoms with Crippen LogP contribution in [-0.4, -0.2) is 141 Å². The first-order valence-electron chi connectivity index (χ1n) is 21.2. The zero-order chi connectivity index (χ0) is 47.8. The molecule has 1 saturated heterocycles. The van der Waals surface area contributed by atoms with Crippen molar-refractivity contribution in [3.63, 3.8) is 0 Å². The van der Waals surface area contributed by atoms with Crippen molar-refractivity contribution in [1.29, 1.82) is 0 Å². The average Bonchev–Trinajstić information content (AvgIpc) is 4.01. The SMILES string of the molecule is CC(C)C[C@H](NC(=O)[C@@H]1CCCN1C(=O)CCOC(C)(C)COC(C)(C)C)C(=O)N[C@@H](Cc1cnc[nH]1)C(=O)N[C@@H](CO)C(=O)N[C@H](C(N)=O)[C@@H](C)OP(=O)(O)OCCc1cccs1. The van der Waals surface area contributed by atoms with Crippen molar-refractivity contribution in [1.82, 2.24) is 36.1 Å². The number of likely N-dealkylation sites (tertiary alicyclic amines) is 1. The van der Waals surface area contributed by atoms with Crippen LogP contribution in [0.5, 0.6) is 0 Å². The van der Waals surface area contributed by atoms with Crippen molar-refractivity contribution >= 4 is 54.6 Å². The van der Waals surface area contributed by atoms with Crippen LogP contribution in [0.25, 0.3) is 0 Å². The van der Waals surface area contributed by atoms with Crippen molar-refractivity contribution in [2.45, 2.75) is 141 Å². The van der Waals surface area contributed by atoms with E-state index in [2.05, 4.69) is 31.2 Å². The molecular formula is C41H67N8O13PS. The Balaban J connectivity index is 1.67. The van der Waals surface area contributed by atoms with Gasteiger partial charge in [-0.3, -0.25) is 37.8 Å². The van der Waals surface area contributed by atoms with Gasteiger partial charge in [-0.1, -0.05) is 19.9 Å². The van der Waals surface area contributed by atoms with Gasteiger partial charge in [0.2, 0.25) is 35.4 Å². The van der Waals surface area contributed by atoms with Crippen LogP contribution in [-0.2, 0) is 64.7 Å². The van der Waals surface area contributed by atoms with Crippen LogP contribution in [0.1, 0.15) is 91.6 Å². The number of aliphatic hydroxyl groups excluding tert-OH is 1. The number of nitrogens with one attached hydrogen (secondary N) is 5. The van der Waals surface area contributed by atoms with Crippen LogP contribution in [0.2, 0.25) is 0 Å². The first-order valence-corrected chi connectivity index (χ1v) is 23.6. The smallest absolute Gasteiger partial charge is 0.394 e. The number of carbonyl (C=O) groups excluding carboxylic acids is 6. The highest BCUT2D eigenvalue weighted by Gasteiger charge is 2.38. The lowest BCUT2D eigenvalue weighted by Crippen LogP contribution is -2.61. The number of nitrogens with zero attached hydrogens (tertiary/aromatic N) is 2. The summed E-state index contributed by atoms with van der Waals surface area (Å²) in [5.74, 6) is -4.87. The lowest BCUT2D eigenvalue weighted by molar-refractivity contribution is -0.143. The maximum absolute atomic E-state index is 14.0. The first kappa shape index (κ1) is 54.1. The Hall–Kier alpha value is -4.28. The fourth-order valence-corrected chi connectivity index (χ4v) is 8.17. The minimum atomic E-state index is -4.74.